The average Bonchev–Trinajstić information content (AvgIpc) is 3.03. The number of hydrogen-bond acceptors (Lipinski definition) is 3. The van der Waals surface area contributed by atoms with Gasteiger partial charge < -0.3 is 19.9 Å². The summed E-state index contributed by atoms with van der Waals surface area (Å²) in [4.78, 5) is 8.49. The van der Waals surface area contributed by atoms with Gasteiger partial charge in [-0.2, -0.15) is 8.78 Å². The molecule has 2 rings (SSSR count). The van der Waals surface area contributed by atoms with Gasteiger partial charge in [0.1, 0.15) is 11.6 Å². The fourth-order valence-electron chi connectivity index (χ4n) is 2.53. The molecule has 0 aliphatic carbocycles. The molecule has 0 bridgehead atoms. The Labute approximate surface area is 162 Å². The highest BCUT2D eigenvalue weighted by Gasteiger charge is 2.11. The second-order valence-electron chi connectivity index (χ2n) is 6.30. The minimum atomic E-state index is -2.90. The van der Waals surface area contributed by atoms with Gasteiger partial charge in [0.05, 0.1) is 6.54 Å². The fraction of sp³-hybridized carbons (Fsp3) is 0.444. The first-order valence-electron chi connectivity index (χ1n) is 8.56. The van der Waals surface area contributed by atoms with Crippen molar-refractivity contribution in [1.29, 1.82) is 0 Å². The molecule has 1 heterocycles. The van der Waals surface area contributed by atoms with Crippen molar-refractivity contribution in [2.75, 3.05) is 7.05 Å². The van der Waals surface area contributed by atoms with E-state index in [9.17, 15) is 8.78 Å². The standard InChI is InChI=1S/C18H24ClF2N5O/c1-12(2)11-26-7-6-23-16(26)10-25-18(22-3)24-9-13-8-14(19)4-5-15(13)27-17(20)21/h4-8,12,17H,9-11H2,1-3H3,(H2,22,24,25). The number of nitrogens with zero attached hydrogens (tertiary/aromatic N) is 3. The number of ether oxygens (including phenoxy) is 1. The van der Waals surface area contributed by atoms with Crippen LogP contribution in [0.15, 0.2) is 35.6 Å². The second kappa shape index (κ2) is 10.1. The van der Waals surface area contributed by atoms with Crippen molar-refractivity contribution < 1.29 is 13.5 Å². The average molecular weight is 400 g/mol. The molecule has 148 valence electrons. The molecule has 9 heteroatoms. The Bertz CT molecular complexity index is 764. The molecule has 2 N–H and O–H groups in total. The first-order chi connectivity index (χ1) is 12.9. The third-order valence-corrected chi connectivity index (χ3v) is 3.92. The van der Waals surface area contributed by atoms with Gasteiger partial charge in [0.15, 0.2) is 5.96 Å². The lowest BCUT2D eigenvalue weighted by Gasteiger charge is -2.15. The van der Waals surface area contributed by atoms with Crippen molar-refractivity contribution in [2.45, 2.75) is 40.1 Å². The molecule has 0 amide bonds. The lowest BCUT2D eigenvalue weighted by Crippen LogP contribution is -2.37. The van der Waals surface area contributed by atoms with Gasteiger partial charge >= 0.3 is 6.61 Å². The lowest BCUT2D eigenvalue weighted by molar-refractivity contribution is -0.0504. The third kappa shape index (κ3) is 6.71. The van der Waals surface area contributed by atoms with Crippen LogP contribution in [0.3, 0.4) is 0 Å². The van der Waals surface area contributed by atoms with Gasteiger partial charge in [-0.05, 0) is 24.1 Å². The van der Waals surface area contributed by atoms with Crippen molar-refractivity contribution in [3.8, 4) is 5.75 Å². The number of aromatic nitrogens is 2. The number of aliphatic imine (C=N–C) groups is 1. The number of imidazole rings is 1. The molecule has 0 saturated carbocycles. The monoisotopic (exact) mass is 399 g/mol. The molecule has 0 radical (unpaired) electrons. The Kier molecular flexibility index (Phi) is 7.84. The van der Waals surface area contributed by atoms with E-state index in [0.29, 0.717) is 29.0 Å². The molecule has 27 heavy (non-hydrogen) atoms. The molecule has 0 spiro atoms. The third-order valence-electron chi connectivity index (χ3n) is 3.69. The summed E-state index contributed by atoms with van der Waals surface area (Å²) in [6.45, 7) is 2.96. The number of benzene rings is 1. The summed E-state index contributed by atoms with van der Waals surface area (Å²) in [5, 5.41) is 6.67. The van der Waals surface area contributed by atoms with Gasteiger partial charge in [0.2, 0.25) is 0 Å². The SMILES string of the molecule is CN=C(NCc1cc(Cl)ccc1OC(F)F)NCc1nccn1CC(C)C. The van der Waals surface area contributed by atoms with E-state index in [1.165, 1.54) is 12.1 Å². The van der Waals surface area contributed by atoms with E-state index in [1.807, 2.05) is 6.20 Å². The topological polar surface area (TPSA) is 63.5 Å². The molecule has 1 aromatic heterocycles. The maximum absolute atomic E-state index is 12.6. The Hall–Kier alpha value is -2.35. The highest BCUT2D eigenvalue weighted by molar-refractivity contribution is 6.30. The molecular formula is C18H24ClF2N5O. The zero-order valence-electron chi connectivity index (χ0n) is 15.5. The van der Waals surface area contributed by atoms with E-state index in [2.05, 4.69) is 43.8 Å². The molecule has 6 nitrogen and oxygen atoms in total. The van der Waals surface area contributed by atoms with Gasteiger partial charge in [-0.15, -0.1) is 0 Å². The molecule has 0 aliphatic heterocycles. The first kappa shape index (κ1) is 21.0. The second-order valence-corrected chi connectivity index (χ2v) is 6.74. The quantitative estimate of drug-likeness (QED) is 0.525. The molecule has 0 unspecified atom stereocenters. The van der Waals surface area contributed by atoms with Crippen LogP contribution in [0.4, 0.5) is 8.78 Å². The van der Waals surface area contributed by atoms with Crippen molar-refractivity contribution in [3.63, 3.8) is 0 Å². The van der Waals surface area contributed by atoms with E-state index in [-0.39, 0.29) is 12.3 Å². The number of guanidine groups is 1. The summed E-state index contributed by atoms with van der Waals surface area (Å²) < 4.78 is 31.7. The molecule has 1 aromatic carbocycles. The highest BCUT2D eigenvalue weighted by Crippen LogP contribution is 2.24. The number of hydrogen-bond donors (Lipinski definition) is 2. The highest BCUT2D eigenvalue weighted by atomic mass is 35.5. The van der Waals surface area contributed by atoms with Crippen LogP contribution in [0, 0.1) is 5.92 Å². The Morgan fingerprint density at radius 1 is 1.30 bits per heavy atom. The van der Waals surface area contributed by atoms with Gasteiger partial charge in [-0.3, -0.25) is 4.99 Å². The van der Waals surface area contributed by atoms with Gasteiger partial charge in [-0.1, -0.05) is 25.4 Å². The summed E-state index contributed by atoms with van der Waals surface area (Å²) in [6, 6.07) is 4.50. The number of nitrogens with one attached hydrogen (secondary N) is 2. The van der Waals surface area contributed by atoms with E-state index in [4.69, 9.17) is 11.6 Å². The molecule has 2 aromatic rings. The number of alkyl halides is 2. The van der Waals surface area contributed by atoms with Gasteiger partial charge in [0.25, 0.3) is 0 Å². The summed E-state index contributed by atoms with van der Waals surface area (Å²) in [5.74, 6) is 1.98. The summed E-state index contributed by atoms with van der Waals surface area (Å²) in [6.07, 6.45) is 3.70. The Morgan fingerprint density at radius 3 is 2.70 bits per heavy atom. The van der Waals surface area contributed by atoms with Crippen LogP contribution >= 0.6 is 11.6 Å². The molecule has 0 saturated heterocycles. The van der Waals surface area contributed by atoms with E-state index >= 15 is 0 Å². The van der Waals surface area contributed by atoms with Crippen LogP contribution in [0.5, 0.6) is 5.75 Å². The number of halogens is 3. The molecule has 0 atom stereocenters. The minimum Gasteiger partial charge on any atom is -0.434 e. The molecule has 0 fully saturated rings. The first-order valence-corrected chi connectivity index (χ1v) is 8.94. The Balaban J connectivity index is 1.97. The van der Waals surface area contributed by atoms with Crippen LogP contribution in [0.2, 0.25) is 5.02 Å². The van der Waals surface area contributed by atoms with Gasteiger partial charge in [-0.25, -0.2) is 4.98 Å². The van der Waals surface area contributed by atoms with Gasteiger partial charge in [0, 0.05) is 43.1 Å². The summed E-state index contributed by atoms with van der Waals surface area (Å²) in [5.41, 5.74) is 0.507. The summed E-state index contributed by atoms with van der Waals surface area (Å²) in [7, 11) is 1.63. The molecule has 0 aliphatic rings. The van der Waals surface area contributed by atoms with Crippen molar-refractivity contribution >= 4 is 17.6 Å². The van der Waals surface area contributed by atoms with Crippen molar-refractivity contribution in [2.24, 2.45) is 10.9 Å². The zero-order valence-corrected chi connectivity index (χ0v) is 16.3. The predicted octanol–water partition coefficient (Wildman–Crippen LogP) is 3.66. The van der Waals surface area contributed by atoms with E-state index in [0.717, 1.165) is 12.4 Å². The van der Waals surface area contributed by atoms with Crippen molar-refractivity contribution in [1.82, 2.24) is 20.2 Å². The van der Waals surface area contributed by atoms with Crippen LogP contribution in [-0.2, 0) is 19.6 Å². The van der Waals surface area contributed by atoms with Crippen molar-refractivity contribution in [3.05, 3.63) is 47.0 Å². The largest absolute Gasteiger partial charge is 0.434 e. The maximum atomic E-state index is 12.6. The number of rotatable bonds is 8. The Morgan fingerprint density at radius 2 is 2.04 bits per heavy atom. The van der Waals surface area contributed by atoms with Crippen LogP contribution in [0.25, 0.3) is 0 Å². The zero-order chi connectivity index (χ0) is 19.8. The van der Waals surface area contributed by atoms with E-state index in [1.54, 1.807) is 19.3 Å². The lowest BCUT2D eigenvalue weighted by atomic mass is 10.2. The fourth-order valence-corrected chi connectivity index (χ4v) is 2.72. The normalized spacial score (nSPS) is 11.9. The molecular weight excluding hydrogens is 376 g/mol. The smallest absolute Gasteiger partial charge is 0.387 e. The predicted molar refractivity (Wildman–Crippen MR) is 102 cm³/mol. The minimum absolute atomic E-state index is 0.0739. The van der Waals surface area contributed by atoms with Crippen LogP contribution in [-0.4, -0.2) is 29.2 Å². The van der Waals surface area contributed by atoms with Crippen LogP contribution < -0.4 is 15.4 Å². The summed E-state index contributed by atoms with van der Waals surface area (Å²) >= 11 is 5.96. The van der Waals surface area contributed by atoms with E-state index < -0.39 is 6.61 Å². The van der Waals surface area contributed by atoms with Crippen LogP contribution in [0.1, 0.15) is 25.2 Å². The maximum Gasteiger partial charge on any atom is 0.387 e.